The van der Waals surface area contributed by atoms with Gasteiger partial charge in [0.1, 0.15) is 5.75 Å². The van der Waals surface area contributed by atoms with Crippen molar-refractivity contribution < 1.29 is 9.84 Å². The monoisotopic (exact) mass is 449 g/mol. The standard InChI is InChI=1S/C26H28ClN3O2/c27-19-7-5-18(6-8-19)26(31)11-15-30(16-12-26)14-2-4-21-22-3-1-13-29-25(22)32-24-10-9-20(28)17-23(21)24/h1,3,5-10,13,17,21,31H,2,4,11-12,14-16,28H2. The molecule has 1 unspecified atom stereocenters. The number of aromatic nitrogens is 1. The van der Waals surface area contributed by atoms with Crippen molar-refractivity contribution >= 4 is 17.3 Å². The number of pyridine rings is 1. The zero-order valence-corrected chi connectivity index (χ0v) is 18.8. The number of likely N-dealkylation sites (tertiary alicyclic amines) is 1. The van der Waals surface area contributed by atoms with Crippen LogP contribution in [0.1, 0.15) is 48.3 Å². The lowest BCUT2D eigenvalue weighted by atomic mass is 9.84. The molecule has 5 rings (SSSR count). The third-order valence-electron chi connectivity index (χ3n) is 6.82. The smallest absolute Gasteiger partial charge is 0.223 e. The van der Waals surface area contributed by atoms with E-state index in [1.807, 2.05) is 48.5 Å². The van der Waals surface area contributed by atoms with Crippen molar-refractivity contribution in [3.63, 3.8) is 0 Å². The van der Waals surface area contributed by atoms with Gasteiger partial charge in [0.05, 0.1) is 5.60 Å². The SMILES string of the molecule is Nc1ccc2c(c1)C(CCCN1CCC(O)(c3ccc(Cl)cc3)CC1)c1cccnc1O2. The molecule has 2 aliphatic rings. The molecule has 1 aromatic heterocycles. The first-order valence-corrected chi connectivity index (χ1v) is 11.6. The first-order chi connectivity index (χ1) is 15.5. The van der Waals surface area contributed by atoms with Crippen molar-refractivity contribution in [2.45, 2.75) is 37.2 Å². The van der Waals surface area contributed by atoms with Gasteiger partial charge in [-0.05, 0) is 74.2 Å². The maximum absolute atomic E-state index is 11.1. The first-order valence-electron chi connectivity index (χ1n) is 11.2. The second-order valence-corrected chi connectivity index (χ2v) is 9.31. The zero-order chi connectivity index (χ0) is 22.1. The van der Waals surface area contributed by atoms with E-state index in [9.17, 15) is 5.11 Å². The number of anilines is 1. The van der Waals surface area contributed by atoms with E-state index in [0.29, 0.717) is 10.9 Å². The highest BCUT2D eigenvalue weighted by molar-refractivity contribution is 6.30. The molecular weight excluding hydrogens is 422 g/mol. The van der Waals surface area contributed by atoms with Gasteiger partial charge in [-0.2, -0.15) is 0 Å². The van der Waals surface area contributed by atoms with E-state index < -0.39 is 5.60 Å². The number of nitrogens with zero attached hydrogens (tertiary/aromatic N) is 2. The summed E-state index contributed by atoms with van der Waals surface area (Å²) in [4.78, 5) is 6.89. The van der Waals surface area contributed by atoms with Crippen molar-refractivity contribution in [2.24, 2.45) is 0 Å². The molecule has 166 valence electrons. The molecule has 3 N–H and O–H groups in total. The molecule has 1 saturated heterocycles. The van der Waals surface area contributed by atoms with Crippen LogP contribution in [0.3, 0.4) is 0 Å². The third kappa shape index (κ3) is 4.20. The quantitative estimate of drug-likeness (QED) is 0.516. The van der Waals surface area contributed by atoms with Gasteiger partial charge in [-0.15, -0.1) is 0 Å². The maximum Gasteiger partial charge on any atom is 0.223 e. The fourth-order valence-electron chi connectivity index (χ4n) is 4.98. The van der Waals surface area contributed by atoms with Gasteiger partial charge < -0.3 is 20.5 Å². The summed E-state index contributed by atoms with van der Waals surface area (Å²) in [6, 6.07) is 17.5. The molecule has 0 radical (unpaired) electrons. The molecule has 0 saturated carbocycles. The number of halogens is 1. The Hall–Kier alpha value is -2.60. The highest BCUT2D eigenvalue weighted by atomic mass is 35.5. The molecule has 1 atom stereocenters. The minimum atomic E-state index is -0.761. The maximum atomic E-state index is 11.1. The number of hydrogen-bond donors (Lipinski definition) is 2. The van der Waals surface area contributed by atoms with E-state index in [0.717, 1.165) is 73.4 Å². The van der Waals surface area contributed by atoms with Crippen LogP contribution in [0.25, 0.3) is 0 Å². The van der Waals surface area contributed by atoms with E-state index in [1.165, 1.54) is 0 Å². The molecule has 6 heteroatoms. The number of ether oxygens (including phenoxy) is 1. The minimum Gasteiger partial charge on any atom is -0.438 e. The summed E-state index contributed by atoms with van der Waals surface area (Å²) in [5.74, 6) is 1.77. The first kappa shape index (κ1) is 21.3. The van der Waals surface area contributed by atoms with Gasteiger partial charge in [0.2, 0.25) is 5.88 Å². The number of fused-ring (bicyclic) bond motifs is 2. The molecule has 0 bridgehead atoms. The number of hydrogen-bond acceptors (Lipinski definition) is 5. The van der Waals surface area contributed by atoms with Crippen LogP contribution in [-0.4, -0.2) is 34.6 Å². The van der Waals surface area contributed by atoms with Crippen LogP contribution in [0.2, 0.25) is 5.02 Å². The average Bonchev–Trinajstić information content (AvgIpc) is 2.80. The Balaban J connectivity index is 1.22. The molecule has 2 aromatic carbocycles. The molecule has 0 amide bonds. The van der Waals surface area contributed by atoms with Crippen molar-refractivity contribution in [1.29, 1.82) is 0 Å². The number of rotatable bonds is 5. The summed E-state index contributed by atoms with van der Waals surface area (Å²) >= 11 is 6.00. The Bertz CT molecular complexity index is 1090. The second kappa shape index (κ2) is 8.74. The highest BCUT2D eigenvalue weighted by Gasteiger charge is 2.34. The lowest BCUT2D eigenvalue weighted by molar-refractivity contribution is -0.0261. The van der Waals surface area contributed by atoms with Gasteiger partial charge >= 0.3 is 0 Å². The van der Waals surface area contributed by atoms with Gasteiger partial charge in [-0.3, -0.25) is 0 Å². The molecule has 1 fully saturated rings. The number of piperidine rings is 1. The summed E-state index contributed by atoms with van der Waals surface area (Å²) in [7, 11) is 0. The Morgan fingerprint density at radius 2 is 1.88 bits per heavy atom. The molecule has 0 aliphatic carbocycles. The Labute approximate surface area is 193 Å². The Morgan fingerprint density at radius 3 is 2.66 bits per heavy atom. The second-order valence-electron chi connectivity index (χ2n) is 8.87. The van der Waals surface area contributed by atoms with Crippen LogP contribution in [0.4, 0.5) is 5.69 Å². The molecule has 5 nitrogen and oxygen atoms in total. The predicted molar refractivity (Wildman–Crippen MR) is 127 cm³/mol. The lowest BCUT2D eigenvalue weighted by Crippen LogP contribution is -2.42. The van der Waals surface area contributed by atoms with Crippen LogP contribution in [0.15, 0.2) is 60.8 Å². The fraction of sp³-hybridized carbons (Fsp3) is 0.346. The van der Waals surface area contributed by atoms with E-state index in [1.54, 1.807) is 6.20 Å². The topological polar surface area (TPSA) is 71.6 Å². The van der Waals surface area contributed by atoms with Crippen LogP contribution in [-0.2, 0) is 5.60 Å². The number of benzene rings is 2. The van der Waals surface area contributed by atoms with Crippen LogP contribution in [0.5, 0.6) is 11.6 Å². The van der Waals surface area contributed by atoms with E-state index >= 15 is 0 Å². The van der Waals surface area contributed by atoms with Crippen molar-refractivity contribution in [1.82, 2.24) is 9.88 Å². The van der Waals surface area contributed by atoms with E-state index in [2.05, 4.69) is 16.0 Å². The molecular formula is C26H28ClN3O2. The van der Waals surface area contributed by atoms with Crippen molar-refractivity contribution in [2.75, 3.05) is 25.4 Å². The fourth-order valence-corrected chi connectivity index (χ4v) is 5.11. The summed E-state index contributed by atoms with van der Waals surface area (Å²) < 4.78 is 6.02. The average molecular weight is 450 g/mol. The van der Waals surface area contributed by atoms with Crippen molar-refractivity contribution in [3.8, 4) is 11.6 Å². The zero-order valence-electron chi connectivity index (χ0n) is 18.0. The summed E-state index contributed by atoms with van der Waals surface area (Å²) in [6.45, 7) is 2.77. The van der Waals surface area contributed by atoms with E-state index in [-0.39, 0.29) is 5.92 Å². The summed E-state index contributed by atoms with van der Waals surface area (Å²) in [5.41, 5.74) is 9.30. The largest absolute Gasteiger partial charge is 0.438 e. The van der Waals surface area contributed by atoms with Crippen LogP contribution >= 0.6 is 11.6 Å². The van der Waals surface area contributed by atoms with Gasteiger partial charge in [0.25, 0.3) is 0 Å². The third-order valence-corrected chi connectivity index (χ3v) is 7.08. The molecule has 3 heterocycles. The molecule has 2 aliphatic heterocycles. The Morgan fingerprint density at radius 1 is 1.09 bits per heavy atom. The lowest BCUT2D eigenvalue weighted by Gasteiger charge is -2.39. The van der Waals surface area contributed by atoms with Crippen LogP contribution < -0.4 is 10.5 Å². The number of aliphatic hydroxyl groups is 1. The van der Waals surface area contributed by atoms with Gasteiger partial charge in [-0.1, -0.05) is 29.8 Å². The van der Waals surface area contributed by atoms with Gasteiger partial charge in [-0.25, -0.2) is 4.98 Å². The summed E-state index contributed by atoms with van der Waals surface area (Å²) in [6.07, 6.45) is 5.28. The molecule has 3 aromatic rings. The highest BCUT2D eigenvalue weighted by Crippen LogP contribution is 2.45. The summed E-state index contributed by atoms with van der Waals surface area (Å²) in [5, 5.41) is 11.8. The van der Waals surface area contributed by atoms with Gasteiger partial charge in [0.15, 0.2) is 0 Å². The normalized spacial score (nSPS) is 19.6. The molecule has 0 spiro atoms. The Kier molecular flexibility index (Phi) is 5.80. The van der Waals surface area contributed by atoms with Gasteiger partial charge in [0, 0.05) is 47.0 Å². The molecule has 32 heavy (non-hydrogen) atoms. The number of nitrogen functional groups attached to an aromatic ring is 1. The van der Waals surface area contributed by atoms with E-state index in [4.69, 9.17) is 22.1 Å². The van der Waals surface area contributed by atoms with Crippen LogP contribution in [0, 0.1) is 0 Å². The van der Waals surface area contributed by atoms with Crippen molar-refractivity contribution in [3.05, 3.63) is 82.5 Å². The predicted octanol–water partition coefficient (Wildman–Crippen LogP) is 5.32. The number of nitrogens with two attached hydrogens (primary N) is 1. The minimum absolute atomic E-state index is 0.224.